The van der Waals surface area contributed by atoms with Gasteiger partial charge in [-0.2, -0.15) is 0 Å². The molecule has 0 saturated heterocycles. The molecule has 0 saturated carbocycles. The van der Waals surface area contributed by atoms with Crippen molar-refractivity contribution < 1.29 is 4.74 Å². The number of pyridine rings is 1. The number of hydrogen-bond acceptors (Lipinski definition) is 4. The van der Waals surface area contributed by atoms with Gasteiger partial charge >= 0.3 is 0 Å². The number of fused-ring (bicyclic) bond motifs is 1. The Kier molecular flexibility index (Phi) is 5.26. The van der Waals surface area contributed by atoms with Crippen LogP contribution in [0.25, 0.3) is 10.9 Å². The van der Waals surface area contributed by atoms with Gasteiger partial charge < -0.3 is 10.1 Å². The molecule has 2 aromatic carbocycles. The monoisotopic (exact) mass is 338 g/mol. The van der Waals surface area contributed by atoms with Crippen molar-refractivity contribution in [3.05, 3.63) is 54.6 Å². The summed E-state index contributed by atoms with van der Waals surface area (Å²) in [6, 6.07) is 18.3. The van der Waals surface area contributed by atoms with E-state index in [-0.39, 0.29) is 0 Å². The van der Waals surface area contributed by atoms with E-state index < -0.39 is 0 Å². The summed E-state index contributed by atoms with van der Waals surface area (Å²) in [5, 5.41) is 4.99. The Morgan fingerprint density at radius 1 is 1.04 bits per heavy atom. The number of rotatable bonds is 6. The molecule has 1 heterocycles. The first-order valence-electron chi connectivity index (χ1n) is 8.23. The van der Waals surface area contributed by atoms with Crippen molar-refractivity contribution in [1.29, 1.82) is 0 Å². The van der Waals surface area contributed by atoms with Crippen molar-refractivity contribution >= 4 is 28.4 Å². The third-order valence-electron chi connectivity index (χ3n) is 3.46. The van der Waals surface area contributed by atoms with E-state index in [4.69, 9.17) is 4.74 Å². The average molecular weight is 338 g/mol. The minimum Gasteiger partial charge on any atom is -0.439 e. The molecule has 3 aromatic rings. The lowest BCUT2D eigenvalue weighted by atomic mass is 10.2. The molecule has 0 fully saturated rings. The highest BCUT2D eigenvalue weighted by molar-refractivity contribution is 7.99. The summed E-state index contributed by atoms with van der Waals surface area (Å²) in [7, 11) is 0. The number of aromatic nitrogens is 1. The first-order chi connectivity index (χ1) is 11.6. The van der Waals surface area contributed by atoms with E-state index in [0.29, 0.717) is 11.1 Å². The first kappa shape index (κ1) is 16.7. The Bertz CT molecular complexity index is 815. The summed E-state index contributed by atoms with van der Waals surface area (Å²) in [6.07, 6.45) is 0. The maximum absolute atomic E-state index is 5.89. The summed E-state index contributed by atoms with van der Waals surface area (Å²) in [4.78, 5) is 5.84. The number of nitrogens with zero attached hydrogens (tertiary/aromatic N) is 1. The third kappa shape index (κ3) is 4.20. The third-order valence-corrected chi connectivity index (χ3v) is 4.48. The zero-order chi connectivity index (χ0) is 16.9. The van der Waals surface area contributed by atoms with Crippen molar-refractivity contribution in [1.82, 2.24) is 4.98 Å². The van der Waals surface area contributed by atoms with E-state index in [9.17, 15) is 0 Å². The minimum absolute atomic E-state index is 0.575. The molecule has 4 heteroatoms. The van der Waals surface area contributed by atoms with Gasteiger partial charge in [0.05, 0.1) is 5.52 Å². The summed E-state index contributed by atoms with van der Waals surface area (Å²) in [5.41, 5.74) is 2.04. The summed E-state index contributed by atoms with van der Waals surface area (Å²) < 4.78 is 5.89. The molecule has 124 valence electrons. The van der Waals surface area contributed by atoms with Crippen LogP contribution >= 0.6 is 11.8 Å². The standard InChI is InChI=1S/C20H22N2OS/c1-4-21-16-6-11-19-15(13-16)5-12-20(22-19)23-17-7-9-18(10-8-17)24-14(2)3/h5-14,21H,4H2,1-3H3. The van der Waals surface area contributed by atoms with Gasteiger partial charge in [-0.05, 0) is 55.5 Å². The molecule has 0 spiro atoms. The minimum atomic E-state index is 0.575. The summed E-state index contributed by atoms with van der Waals surface area (Å²) in [6.45, 7) is 7.38. The van der Waals surface area contributed by atoms with Gasteiger partial charge in [0.2, 0.25) is 5.88 Å². The Morgan fingerprint density at radius 3 is 2.54 bits per heavy atom. The van der Waals surface area contributed by atoms with Crippen LogP contribution in [0.2, 0.25) is 0 Å². The van der Waals surface area contributed by atoms with Crippen molar-refractivity contribution in [2.24, 2.45) is 0 Å². The molecule has 0 amide bonds. The van der Waals surface area contributed by atoms with E-state index >= 15 is 0 Å². The Hall–Kier alpha value is -2.20. The zero-order valence-electron chi connectivity index (χ0n) is 14.2. The molecule has 0 unspecified atom stereocenters. The maximum Gasteiger partial charge on any atom is 0.219 e. The van der Waals surface area contributed by atoms with Crippen LogP contribution in [0.4, 0.5) is 5.69 Å². The molecule has 3 nitrogen and oxygen atoms in total. The highest BCUT2D eigenvalue weighted by atomic mass is 32.2. The fourth-order valence-electron chi connectivity index (χ4n) is 2.46. The molecular weight excluding hydrogens is 316 g/mol. The molecule has 0 radical (unpaired) electrons. The van der Waals surface area contributed by atoms with Gasteiger partial charge in [0.15, 0.2) is 0 Å². The summed E-state index contributed by atoms with van der Waals surface area (Å²) in [5.74, 6) is 1.42. The second-order valence-electron chi connectivity index (χ2n) is 5.83. The van der Waals surface area contributed by atoms with Crippen molar-refractivity contribution in [3.63, 3.8) is 0 Å². The van der Waals surface area contributed by atoms with Crippen LogP contribution in [0.1, 0.15) is 20.8 Å². The van der Waals surface area contributed by atoms with Crippen LogP contribution in [0, 0.1) is 0 Å². The summed E-state index contributed by atoms with van der Waals surface area (Å²) >= 11 is 1.84. The quantitative estimate of drug-likeness (QED) is 0.562. The van der Waals surface area contributed by atoms with Crippen molar-refractivity contribution in [2.45, 2.75) is 30.9 Å². The van der Waals surface area contributed by atoms with Crippen LogP contribution in [-0.4, -0.2) is 16.8 Å². The van der Waals surface area contributed by atoms with Gasteiger partial charge in [-0.25, -0.2) is 4.98 Å². The van der Waals surface area contributed by atoms with Gasteiger partial charge in [0.25, 0.3) is 0 Å². The average Bonchev–Trinajstić information content (AvgIpc) is 2.57. The lowest BCUT2D eigenvalue weighted by Gasteiger charge is -2.09. The fraction of sp³-hybridized carbons (Fsp3) is 0.250. The lowest BCUT2D eigenvalue weighted by molar-refractivity contribution is 0.465. The highest BCUT2D eigenvalue weighted by Crippen LogP contribution is 2.28. The second kappa shape index (κ2) is 7.58. The first-order valence-corrected chi connectivity index (χ1v) is 9.11. The molecule has 0 aliphatic rings. The molecule has 0 aliphatic carbocycles. The van der Waals surface area contributed by atoms with Gasteiger partial charge in [0.1, 0.15) is 5.75 Å². The van der Waals surface area contributed by atoms with Gasteiger partial charge in [0, 0.05) is 33.8 Å². The van der Waals surface area contributed by atoms with Crippen LogP contribution in [0.3, 0.4) is 0 Å². The molecule has 24 heavy (non-hydrogen) atoms. The van der Waals surface area contributed by atoms with Crippen LogP contribution in [0.5, 0.6) is 11.6 Å². The lowest BCUT2D eigenvalue weighted by Crippen LogP contribution is -1.96. The molecule has 3 rings (SSSR count). The van der Waals surface area contributed by atoms with Crippen molar-refractivity contribution in [3.8, 4) is 11.6 Å². The van der Waals surface area contributed by atoms with E-state index in [2.05, 4.69) is 49.3 Å². The molecular formula is C20H22N2OS. The van der Waals surface area contributed by atoms with E-state index in [1.54, 1.807) is 0 Å². The maximum atomic E-state index is 5.89. The van der Waals surface area contributed by atoms with Crippen LogP contribution in [0.15, 0.2) is 59.5 Å². The topological polar surface area (TPSA) is 34.2 Å². The molecule has 0 atom stereocenters. The van der Waals surface area contributed by atoms with Gasteiger partial charge in [-0.15, -0.1) is 11.8 Å². The largest absolute Gasteiger partial charge is 0.439 e. The number of benzene rings is 2. The molecule has 1 N–H and O–H groups in total. The normalized spacial score (nSPS) is 11.0. The zero-order valence-corrected chi connectivity index (χ0v) is 15.1. The number of anilines is 1. The second-order valence-corrected chi connectivity index (χ2v) is 7.48. The van der Waals surface area contributed by atoms with Gasteiger partial charge in [-0.3, -0.25) is 0 Å². The molecule has 0 aliphatic heterocycles. The van der Waals surface area contributed by atoms with Gasteiger partial charge in [-0.1, -0.05) is 13.8 Å². The molecule has 1 aromatic heterocycles. The molecule has 0 bridgehead atoms. The number of thioether (sulfide) groups is 1. The van der Waals surface area contributed by atoms with E-state index in [0.717, 1.165) is 28.9 Å². The Balaban J connectivity index is 1.76. The number of hydrogen-bond donors (Lipinski definition) is 1. The number of ether oxygens (including phenoxy) is 1. The van der Waals surface area contributed by atoms with Crippen LogP contribution in [-0.2, 0) is 0 Å². The SMILES string of the molecule is CCNc1ccc2nc(Oc3ccc(SC(C)C)cc3)ccc2c1. The van der Waals surface area contributed by atoms with Crippen molar-refractivity contribution in [2.75, 3.05) is 11.9 Å². The predicted molar refractivity (Wildman–Crippen MR) is 103 cm³/mol. The Morgan fingerprint density at radius 2 is 1.83 bits per heavy atom. The number of nitrogens with one attached hydrogen (secondary N) is 1. The van der Waals surface area contributed by atoms with E-state index in [1.807, 2.05) is 48.2 Å². The fourth-order valence-corrected chi connectivity index (χ4v) is 3.29. The highest BCUT2D eigenvalue weighted by Gasteiger charge is 2.04. The van der Waals surface area contributed by atoms with E-state index in [1.165, 1.54) is 4.90 Å². The van der Waals surface area contributed by atoms with Crippen LogP contribution < -0.4 is 10.1 Å². The predicted octanol–water partition coefficient (Wildman–Crippen LogP) is 5.96. The Labute approximate surface area is 147 Å². The smallest absolute Gasteiger partial charge is 0.219 e.